The van der Waals surface area contributed by atoms with Crippen molar-refractivity contribution in [2.45, 2.75) is 27.7 Å². The zero-order chi connectivity index (χ0) is 25.3. The summed E-state index contributed by atoms with van der Waals surface area (Å²) in [6.45, 7) is 7.89. The second kappa shape index (κ2) is 13.5. The molecule has 0 saturated heterocycles. The summed E-state index contributed by atoms with van der Waals surface area (Å²) in [5.74, 6) is 0.145. The van der Waals surface area contributed by atoms with Crippen molar-refractivity contribution in [3.05, 3.63) is 79.8 Å². The van der Waals surface area contributed by atoms with Crippen LogP contribution in [0.15, 0.2) is 58.8 Å². The predicted molar refractivity (Wildman–Crippen MR) is 147 cm³/mol. The van der Waals surface area contributed by atoms with Crippen molar-refractivity contribution in [1.82, 2.24) is 10.9 Å². The summed E-state index contributed by atoms with van der Waals surface area (Å²) in [5, 5.41) is 10.3. The van der Waals surface area contributed by atoms with E-state index in [9.17, 15) is 4.79 Å². The lowest BCUT2D eigenvalue weighted by atomic mass is 10.1. The van der Waals surface area contributed by atoms with E-state index < -0.39 is 6.03 Å². The summed E-state index contributed by atoms with van der Waals surface area (Å²) in [7, 11) is 0. The SMILES string of the molecule is CC(C)C(/C=C/c1ccc(Cl)c(Cl)c1)=N/NC(=O)N/N=C(\C=C\c1ccc(Cl)c(Cl)c1)C(C)C. The van der Waals surface area contributed by atoms with Gasteiger partial charge in [0.25, 0.3) is 0 Å². The number of urea groups is 1. The van der Waals surface area contributed by atoms with E-state index in [-0.39, 0.29) is 11.8 Å². The Balaban J connectivity index is 2.06. The molecule has 0 unspecified atom stereocenters. The maximum atomic E-state index is 12.3. The number of hydrazone groups is 2. The summed E-state index contributed by atoms with van der Waals surface area (Å²) >= 11 is 24.0. The van der Waals surface area contributed by atoms with Crippen molar-refractivity contribution < 1.29 is 4.79 Å². The van der Waals surface area contributed by atoms with Gasteiger partial charge in [0, 0.05) is 0 Å². The number of halogens is 4. The average Bonchev–Trinajstić information content (AvgIpc) is 2.77. The Labute approximate surface area is 220 Å². The number of allylic oxidation sites excluding steroid dienone is 2. The number of nitrogens with one attached hydrogen (secondary N) is 2. The minimum Gasteiger partial charge on any atom is -0.245 e. The number of amides is 2. The number of carbonyl (C=O) groups is 1. The molecule has 9 heteroatoms. The highest BCUT2D eigenvalue weighted by Gasteiger charge is 2.06. The van der Waals surface area contributed by atoms with Crippen LogP contribution in [0.1, 0.15) is 38.8 Å². The number of hydrogen-bond acceptors (Lipinski definition) is 3. The van der Waals surface area contributed by atoms with Crippen LogP contribution in [0.25, 0.3) is 12.2 Å². The Morgan fingerprint density at radius 2 is 1.09 bits per heavy atom. The molecule has 0 fully saturated rings. The summed E-state index contributed by atoms with van der Waals surface area (Å²) in [5.41, 5.74) is 8.04. The Hall–Kier alpha value is -2.31. The van der Waals surface area contributed by atoms with Crippen LogP contribution < -0.4 is 10.9 Å². The molecule has 180 valence electrons. The zero-order valence-corrected chi connectivity index (χ0v) is 22.3. The first-order valence-electron chi connectivity index (χ1n) is 10.5. The van der Waals surface area contributed by atoms with Gasteiger partial charge in [-0.2, -0.15) is 10.2 Å². The fourth-order valence-electron chi connectivity index (χ4n) is 2.57. The highest BCUT2D eigenvalue weighted by Crippen LogP contribution is 2.24. The lowest BCUT2D eigenvalue weighted by molar-refractivity contribution is 0.241. The Bertz CT molecular complexity index is 1050. The second-order valence-corrected chi connectivity index (χ2v) is 9.58. The molecular weight excluding hydrogens is 514 g/mol. The summed E-state index contributed by atoms with van der Waals surface area (Å²) in [6, 6.07) is 10.1. The van der Waals surface area contributed by atoms with Crippen molar-refractivity contribution in [1.29, 1.82) is 0 Å². The van der Waals surface area contributed by atoms with E-state index in [1.165, 1.54) is 0 Å². The van der Waals surface area contributed by atoms with Gasteiger partial charge in [-0.3, -0.25) is 0 Å². The largest absolute Gasteiger partial charge is 0.355 e. The quantitative estimate of drug-likeness (QED) is 0.257. The lowest BCUT2D eigenvalue weighted by Crippen LogP contribution is -2.31. The van der Waals surface area contributed by atoms with Crippen LogP contribution in [0.2, 0.25) is 20.1 Å². The van der Waals surface area contributed by atoms with Crippen LogP contribution in [-0.4, -0.2) is 17.5 Å². The predicted octanol–water partition coefficient (Wildman–Crippen LogP) is 8.35. The molecule has 2 aromatic rings. The third-order valence-corrected chi connectivity index (χ3v) is 6.01. The van der Waals surface area contributed by atoms with Crippen molar-refractivity contribution >= 4 is 76.0 Å². The first-order valence-corrected chi connectivity index (χ1v) is 12.1. The number of nitrogens with zero attached hydrogens (tertiary/aromatic N) is 2. The topological polar surface area (TPSA) is 65.8 Å². The monoisotopic (exact) mass is 538 g/mol. The molecule has 34 heavy (non-hydrogen) atoms. The molecule has 2 amide bonds. The Kier molecular flexibility index (Phi) is 11.1. The van der Waals surface area contributed by atoms with Crippen molar-refractivity contribution in [3.8, 4) is 0 Å². The molecule has 0 radical (unpaired) electrons. The molecule has 0 aromatic heterocycles. The number of carbonyl (C=O) groups excluding carboxylic acids is 1. The number of benzene rings is 2. The van der Waals surface area contributed by atoms with E-state index in [4.69, 9.17) is 46.4 Å². The van der Waals surface area contributed by atoms with Gasteiger partial charge in [0.15, 0.2) is 0 Å². The maximum absolute atomic E-state index is 12.3. The molecular formula is C25H26Cl4N4O. The van der Waals surface area contributed by atoms with Gasteiger partial charge in [0.1, 0.15) is 0 Å². The molecule has 0 atom stereocenters. The van der Waals surface area contributed by atoms with E-state index in [0.717, 1.165) is 11.1 Å². The van der Waals surface area contributed by atoms with Gasteiger partial charge in [-0.25, -0.2) is 15.6 Å². The smallest absolute Gasteiger partial charge is 0.245 e. The first-order chi connectivity index (χ1) is 16.1. The van der Waals surface area contributed by atoms with Crippen LogP contribution in [0.4, 0.5) is 4.79 Å². The van der Waals surface area contributed by atoms with Crippen LogP contribution in [-0.2, 0) is 0 Å². The van der Waals surface area contributed by atoms with E-state index in [0.29, 0.717) is 31.5 Å². The van der Waals surface area contributed by atoms with Crippen LogP contribution >= 0.6 is 46.4 Å². The first kappa shape index (κ1) is 27.9. The number of hydrogen-bond donors (Lipinski definition) is 2. The van der Waals surface area contributed by atoms with Crippen LogP contribution in [0.5, 0.6) is 0 Å². The Morgan fingerprint density at radius 3 is 1.41 bits per heavy atom. The number of rotatable bonds is 8. The highest BCUT2D eigenvalue weighted by molar-refractivity contribution is 6.42. The highest BCUT2D eigenvalue weighted by atomic mass is 35.5. The third-order valence-electron chi connectivity index (χ3n) is 4.54. The summed E-state index contributed by atoms with van der Waals surface area (Å²) in [4.78, 5) is 12.3. The average molecular weight is 540 g/mol. The van der Waals surface area contributed by atoms with Gasteiger partial charge in [-0.15, -0.1) is 0 Å². The lowest BCUT2D eigenvalue weighted by Gasteiger charge is -2.08. The molecule has 2 aromatic carbocycles. The molecule has 0 aliphatic heterocycles. The minimum absolute atomic E-state index is 0.0724. The molecule has 2 N–H and O–H groups in total. The van der Waals surface area contributed by atoms with Gasteiger partial charge >= 0.3 is 6.03 Å². The fourth-order valence-corrected chi connectivity index (χ4v) is 3.18. The normalized spacial score (nSPS) is 12.9. The van der Waals surface area contributed by atoms with Crippen LogP contribution in [0, 0.1) is 11.8 Å². The third kappa shape index (κ3) is 9.15. The standard InChI is InChI=1S/C25H26Cl4N4O/c1-15(2)23(11-7-17-5-9-19(26)21(28)13-17)30-32-25(34)33-31-24(16(3)4)12-8-18-6-10-20(27)22(29)14-18/h5-16H,1-4H3,(H2,32,33,34)/b11-7+,12-8+,30-23+,31-24+. The minimum atomic E-state index is -0.554. The van der Waals surface area contributed by atoms with Crippen molar-refractivity contribution in [2.24, 2.45) is 22.0 Å². The molecule has 0 heterocycles. The molecule has 0 aliphatic rings. The van der Waals surface area contributed by atoms with Gasteiger partial charge in [-0.1, -0.05) is 98.4 Å². The fraction of sp³-hybridized carbons (Fsp3) is 0.240. The van der Waals surface area contributed by atoms with Crippen LogP contribution in [0.3, 0.4) is 0 Å². The summed E-state index contributed by atoms with van der Waals surface area (Å²) < 4.78 is 0. The maximum Gasteiger partial charge on any atom is 0.355 e. The molecule has 0 aliphatic carbocycles. The van der Waals surface area contributed by atoms with E-state index in [1.54, 1.807) is 24.3 Å². The van der Waals surface area contributed by atoms with Crippen molar-refractivity contribution in [3.63, 3.8) is 0 Å². The Morgan fingerprint density at radius 1 is 0.706 bits per heavy atom. The van der Waals surface area contributed by atoms with Gasteiger partial charge in [0.2, 0.25) is 0 Å². The summed E-state index contributed by atoms with van der Waals surface area (Å²) in [6.07, 6.45) is 7.33. The zero-order valence-electron chi connectivity index (χ0n) is 19.2. The van der Waals surface area contributed by atoms with Gasteiger partial charge in [-0.05, 0) is 59.4 Å². The molecule has 0 saturated carbocycles. The van der Waals surface area contributed by atoms with E-state index in [1.807, 2.05) is 64.1 Å². The second-order valence-electron chi connectivity index (χ2n) is 7.95. The van der Waals surface area contributed by atoms with E-state index in [2.05, 4.69) is 21.1 Å². The van der Waals surface area contributed by atoms with Gasteiger partial charge < -0.3 is 0 Å². The molecule has 2 rings (SSSR count). The van der Waals surface area contributed by atoms with E-state index >= 15 is 0 Å². The van der Waals surface area contributed by atoms with Gasteiger partial charge in [0.05, 0.1) is 31.5 Å². The molecule has 0 spiro atoms. The van der Waals surface area contributed by atoms with Crippen molar-refractivity contribution in [2.75, 3.05) is 0 Å². The molecule has 5 nitrogen and oxygen atoms in total. The molecule has 0 bridgehead atoms.